The van der Waals surface area contributed by atoms with Gasteiger partial charge < -0.3 is 45.6 Å². The Morgan fingerprint density at radius 3 is 1.66 bits per heavy atom. The fraction of sp³-hybridized carbons (Fsp3) is 0.608. The summed E-state index contributed by atoms with van der Waals surface area (Å²) < 4.78 is 5.23. The van der Waals surface area contributed by atoms with Gasteiger partial charge in [0, 0.05) is 33.8 Å². The van der Waals surface area contributed by atoms with E-state index in [2.05, 4.69) is 81.9 Å². The van der Waals surface area contributed by atoms with E-state index in [9.17, 15) is 38.4 Å². The highest BCUT2D eigenvalue weighted by Gasteiger charge is 2.31. The van der Waals surface area contributed by atoms with Gasteiger partial charge >= 0.3 is 18.0 Å². The number of benzene rings is 1. The van der Waals surface area contributed by atoms with E-state index in [1.165, 1.54) is 79.4 Å². The molecule has 0 fully saturated rings. The molecule has 1 aromatic rings. The molecule has 4 unspecified atom stereocenters. The molecule has 0 aliphatic heterocycles. The molecule has 17 heteroatoms. The van der Waals surface area contributed by atoms with E-state index in [4.69, 9.17) is 14.9 Å². The van der Waals surface area contributed by atoms with Gasteiger partial charge in [-0.2, -0.15) is 0 Å². The van der Waals surface area contributed by atoms with Crippen LogP contribution in [-0.2, 0) is 38.3 Å². The number of carboxylic acid groups (broad SMARTS) is 2. The first-order valence-corrected chi connectivity index (χ1v) is 23.1. The maximum absolute atomic E-state index is 12.9. The Balaban J connectivity index is -0.000000627. The van der Waals surface area contributed by atoms with Crippen molar-refractivity contribution < 1.29 is 53.3 Å². The number of hydrogen-bond acceptors (Lipinski definition) is 9. The van der Waals surface area contributed by atoms with Crippen LogP contribution in [0.25, 0.3) is 0 Å². The van der Waals surface area contributed by atoms with Crippen LogP contribution in [0, 0.1) is 24.7 Å². The average Bonchev–Trinajstić information content (AvgIpc) is 3.25. The summed E-state index contributed by atoms with van der Waals surface area (Å²) in [7, 11) is 5.66. The van der Waals surface area contributed by atoms with Crippen molar-refractivity contribution in [2.45, 2.75) is 146 Å². The van der Waals surface area contributed by atoms with E-state index in [1.54, 1.807) is 13.0 Å². The van der Waals surface area contributed by atoms with E-state index < -0.39 is 84.9 Å². The smallest absolute Gasteiger partial charge is 0.406 e. The van der Waals surface area contributed by atoms with Crippen LogP contribution in [0.3, 0.4) is 0 Å². The number of nitrogens with one attached hydrogen (secondary N) is 3. The molecule has 0 radical (unpaired) electrons. The Morgan fingerprint density at radius 1 is 0.779 bits per heavy atom. The zero-order valence-corrected chi connectivity index (χ0v) is 44.4. The van der Waals surface area contributed by atoms with Crippen molar-refractivity contribution in [3.8, 4) is 0 Å². The van der Waals surface area contributed by atoms with Crippen molar-refractivity contribution in [1.82, 2.24) is 30.7 Å². The summed E-state index contributed by atoms with van der Waals surface area (Å²) in [6, 6.07) is 7.04. The van der Waals surface area contributed by atoms with Crippen LogP contribution in [0.5, 0.6) is 0 Å². The zero-order valence-electron chi connectivity index (χ0n) is 44.4. The first-order valence-electron chi connectivity index (χ1n) is 23.1. The number of hydrogen-bond donors (Lipinski definition) is 5. The van der Waals surface area contributed by atoms with Gasteiger partial charge in [0.05, 0.1) is 13.1 Å². The minimum atomic E-state index is -1.22. The van der Waals surface area contributed by atoms with Gasteiger partial charge in [0.1, 0.15) is 18.1 Å². The Kier molecular flexibility index (Phi) is 39.4. The molecule has 6 atom stereocenters. The van der Waals surface area contributed by atoms with Crippen molar-refractivity contribution >= 4 is 47.6 Å². The fourth-order valence-corrected chi connectivity index (χ4v) is 5.35. The molecular weight excluding hydrogens is 873 g/mol. The second kappa shape index (κ2) is 39.0. The number of ether oxygens (including phenoxy) is 1. The normalized spacial score (nSPS) is 12.9. The zero-order chi connectivity index (χ0) is 53.9. The van der Waals surface area contributed by atoms with Crippen molar-refractivity contribution in [2.24, 2.45) is 17.8 Å². The van der Waals surface area contributed by atoms with E-state index in [-0.39, 0.29) is 23.8 Å². The second-order valence-electron chi connectivity index (χ2n) is 17.5. The van der Waals surface area contributed by atoms with Gasteiger partial charge in [-0.3, -0.25) is 28.8 Å². The molecule has 388 valence electrons. The highest BCUT2D eigenvalue weighted by Crippen LogP contribution is 2.15. The van der Waals surface area contributed by atoms with Crippen LogP contribution in [0.15, 0.2) is 66.8 Å². The Morgan fingerprint density at radius 2 is 1.28 bits per heavy atom. The maximum Gasteiger partial charge on any atom is 0.406 e. The highest BCUT2D eigenvalue weighted by molar-refractivity contribution is 5.95. The third-order valence-corrected chi connectivity index (χ3v) is 9.67. The average molecular weight is 961 g/mol. The SMILES string of the molecule is C/C=C(\C)CC(C)CCC.C=C(C)C(=O)O[C@H](CC(C)C)C(=O)NC(C)C(=O)N(C)CC(=O)N(C)CC(=O)NC(C(=O)N[C@H](C)C(=O)O)C(C)CC.C=CC.CN(C)C(=O)O.Cc1ccccc1. The summed E-state index contributed by atoms with van der Waals surface area (Å²) in [5.41, 5.74) is 2.98. The number of rotatable bonds is 21. The minimum Gasteiger partial charge on any atom is -0.480 e. The van der Waals surface area contributed by atoms with E-state index >= 15 is 0 Å². The lowest BCUT2D eigenvalue weighted by Crippen LogP contribution is -2.55. The summed E-state index contributed by atoms with van der Waals surface area (Å²) in [6.07, 6.45) is 6.64. The van der Waals surface area contributed by atoms with Crippen LogP contribution >= 0.6 is 0 Å². The summed E-state index contributed by atoms with van der Waals surface area (Å²) in [5.74, 6) is -4.53. The number of aryl methyl sites for hydroxylation is 1. The first kappa shape index (κ1) is 68.6. The molecule has 0 bridgehead atoms. The van der Waals surface area contributed by atoms with Gasteiger partial charge in [-0.15, -0.1) is 6.58 Å². The highest BCUT2D eigenvalue weighted by atomic mass is 16.5. The lowest BCUT2D eigenvalue weighted by Gasteiger charge is -2.27. The quantitative estimate of drug-likeness (QED) is 0.0468. The number of aliphatic carboxylic acids is 1. The van der Waals surface area contributed by atoms with Crippen LogP contribution in [0.1, 0.15) is 121 Å². The molecule has 0 spiro atoms. The van der Waals surface area contributed by atoms with Crippen molar-refractivity contribution in [3.63, 3.8) is 0 Å². The van der Waals surface area contributed by atoms with Crippen LogP contribution in [-0.4, -0.2) is 138 Å². The van der Waals surface area contributed by atoms with Crippen LogP contribution < -0.4 is 16.0 Å². The molecule has 0 aliphatic carbocycles. The lowest BCUT2D eigenvalue weighted by molar-refractivity contribution is -0.154. The molecule has 0 aliphatic rings. The van der Waals surface area contributed by atoms with Crippen molar-refractivity contribution in [1.29, 1.82) is 0 Å². The summed E-state index contributed by atoms with van der Waals surface area (Å²) in [5, 5.41) is 24.4. The van der Waals surface area contributed by atoms with Gasteiger partial charge in [-0.1, -0.05) is 121 Å². The number of carbonyl (C=O) groups is 8. The number of nitrogens with zero attached hydrogens (tertiary/aromatic N) is 3. The van der Waals surface area contributed by atoms with Gasteiger partial charge in [-0.05, 0) is 79.1 Å². The van der Waals surface area contributed by atoms with Crippen LogP contribution in [0.2, 0.25) is 0 Å². The molecule has 5 N–H and O–H groups in total. The van der Waals surface area contributed by atoms with Gasteiger partial charge in [0.2, 0.25) is 23.6 Å². The number of allylic oxidation sites excluding steroid dienone is 3. The van der Waals surface area contributed by atoms with Crippen molar-refractivity contribution in [2.75, 3.05) is 41.3 Å². The second-order valence-corrected chi connectivity index (χ2v) is 17.5. The Bertz CT molecular complexity index is 1730. The van der Waals surface area contributed by atoms with Gasteiger partial charge in [-0.25, -0.2) is 9.59 Å². The summed E-state index contributed by atoms with van der Waals surface area (Å²) >= 11 is 0. The molecule has 68 heavy (non-hydrogen) atoms. The van der Waals surface area contributed by atoms with E-state index in [0.717, 1.165) is 20.6 Å². The molecule has 0 saturated heterocycles. The molecule has 0 saturated carbocycles. The molecule has 1 aromatic carbocycles. The molecule has 6 amide bonds. The monoisotopic (exact) mass is 961 g/mol. The number of esters is 1. The van der Waals surface area contributed by atoms with Crippen LogP contribution in [0.4, 0.5) is 4.79 Å². The number of carboxylic acids is 1. The van der Waals surface area contributed by atoms with Crippen molar-refractivity contribution in [3.05, 3.63) is 72.4 Å². The molecule has 0 aromatic heterocycles. The van der Waals surface area contributed by atoms with Gasteiger partial charge in [0.15, 0.2) is 6.10 Å². The third-order valence-electron chi connectivity index (χ3n) is 9.67. The summed E-state index contributed by atoms with van der Waals surface area (Å²) in [6.45, 7) is 30.3. The van der Waals surface area contributed by atoms with E-state index in [1.807, 2.05) is 45.9 Å². The minimum absolute atomic E-state index is 0.0147. The number of carbonyl (C=O) groups excluding carboxylic acids is 6. The lowest BCUT2D eigenvalue weighted by atomic mass is 9.98. The largest absolute Gasteiger partial charge is 0.480 e. The standard InChI is InChI=1S/C28H47N5O9.C10H20.C7H8.C3H7NO2.C3H6/c1-11-17(6)23(25(37)30-19(8)27(39)40)31-21(34)13-32(9)22(35)14-33(10)26(38)18(7)29-24(36)20(12-15(2)3)42-28(41)16(4)5;1-5-7-10(4)8-9(3)6-2;1-7-5-3-2-4-6-7;1-4(2)3(5)6;1-3-2/h15,17-20,23H,4,11-14H2,1-3,5-10H3,(H,29,36)(H,30,37)(H,31,34)(H,39,40);6,10H,5,7-8H2,1-4H3;2-6H,1H3;1-2H3,(H,5,6);3H,1H2,2H3/b;9-6+;;;/t17?,18?,19-,20-,23?;;;;/m1..../s1. The predicted molar refractivity (Wildman–Crippen MR) is 271 cm³/mol. The molecule has 1 rings (SSSR count). The third kappa shape index (κ3) is 35.2. The Hall–Kier alpha value is -6.00. The summed E-state index contributed by atoms with van der Waals surface area (Å²) in [4.78, 5) is 99.5. The van der Waals surface area contributed by atoms with E-state index in [0.29, 0.717) is 6.42 Å². The molecule has 0 heterocycles. The number of amides is 6. The maximum atomic E-state index is 12.9. The molecular formula is C51H88N6O11. The first-order chi connectivity index (χ1) is 31.5. The fourth-order valence-electron chi connectivity index (χ4n) is 5.35. The Labute approximate surface area is 408 Å². The predicted octanol–water partition coefficient (Wildman–Crippen LogP) is 7.25. The molecule has 17 nitrogen and oxygen atoms in total. The number of likely N-dealkylation sites (N-methyl/N-ethyl adjacent to an activating group) is 2. The topological polar surface area (TPSA) is 232 Å². The van der Waals surface area contributed by atoms with Gasteiger partial charge in [0.25, 0.3) is 5.91 Å².